The summed E-state index contributed by atoms with van der Waals surface area (Å²) in [5, 5.41) is 28.0. The van der Waals surface area contributed by atoms with Gasteiger partial charge in [0.15, 0.2) is 0 Å². The van der Waals surface area contributed by atoms with E-state index in [1.165, 1.54) is 6.92 Å². The van der Waals surface area contributed by atoms with Crippen molar-refractivity contribution < 1.29 is 39.0 Å². The fraction of sp³-hybridized carbons (Fsp3) is 0.625. The molecule has 3 atom stereocenters. The predicted molar refractivity (Wildman–Crippen MR) is 53.9 cm³/mol. The Morgan fingerprint density at radius 3 is 2.47 bits per heavy atom. The van der Waals surface area contributed by atoms with Gasteiger partial charge in [-0.3, -0.25) is 4.52 Å². The van der Waals surface area contributed by atoms with Crippen molar-refractivity contribution in [2.45, 2.75) is 31.2 Å². The van der Waals surface area contributed by atoms with E-state index in [1.54, 1.807) is 0 Å². The third-order valence-electron chi connectivity index (χ3n) is 2.40. The van der Waals surface area contributed by atoms with Gasteiger partial charge in [-0.15, -0.1) is 0 Å². The smallest absolute Gasteiger partial charge is 0.471 e. The molecule has 0 fully saturated rings. The molecule has 98 valence electrons. The van der Waals surface area contributed by atoms with Crippen molar-refractivity contribution in [1.29, 1.82) is 0 Å². The molecule has 0 bridgehead atoms. The molecule has 0 heterocycles. The van der Waals surface area contributed by atoms with Gasteiger partial charge in [-0.1, -0.05) is 5.57 Å². The number of carboxylic acids is 1. The fourth-order valence-corrected chi connectivity index (χ4v) is 2.37. The molecule has 0 radical (unpaired) electrons. The molecule has 1 rings (SSSR count). The van der Waals surface area contributed by atoms with Crippen molar-refractivity contribution in [3.63, 3.8) is 0 Å². The Hall–Kier alpha value is -0.760. The van der Waals surface area contributed by atoms with E-state index >= 15 is 0 Å². The Kier molecular flexibility index (Phi) is 3.78. The monoisotopic (exact) mass is 268 g/mol. The molecule has 0 aromatic carbocycles. The number of hydrogen-bond acceptors (Lipinski definition) is 5. The van der Waals surface area contributed by atoms with Gasteiger partial charge in [0, 0.05) is 0 Å². The van der Waals surface area contributed by atoms with Crippen molar-refractivity contribution in [2.24, 2.45) is 0 Å². The summed E-state index contributed by atoms with van der Waals surface area (Å²) in [5.41, 5.74) is -2.29. The largest absolute Gasteiger partial charge is 0.479 e. The maximum absolute atomic E-state index is 11.1. The summed E-state index contributed by atoms with van der Waals surface area (Å²) in [4.78, 5) is 28.4. The van der Waals surface area contributed by atoms with E-state index in [-0.39, 0.29) is 6.42 Å². The summed E-state index contributed by atoms with van der Waals surface area (Å²) in [5.74, 6) is -1.79. The molecular formula is C8H13O8P. The van der Waals surface area contributed by atoms with Gasteiger partial charge in [-0.05, 0) is 19.4 Å². The minimum atomic E-state index is -5.14. The zero-order valence-electron chi connectivity index (χ0n) is 8.85. The van der Waals surface area contributed by atoms with Crippen molar-refractivity contribution in [1.82, 2.24) is 0 Å². The van der Waals surface area contributed by atoms with Crippen molar-refractivity contribution in [3.05, 3.63) is 11.6 Å². The fourth-order valence-electron chi connectivity index (χ4n) is 1.74. The van der Waals surface area contributed by atoms with Gasteiger partial charge < -0.3 is 25.1 Å². The van der Waals surface area contributed by atoms with E-state index in [9.17, 15) is 19.6 Å². The van der Waals surface area contributed by atoms with E-state index in [0.29, 0.717) is 5.57 Å². The lowest BCUT2D eigenvalue weighted by atomic mass is 9.82. The normalized spacial score (nSPS) is 34.3. The van der Waals surface area contributed by atoms with Gasteiger partial charge >= 0.3 is 13.8 Å². The van der Waals surface area contributed by atoms with Crippen LogP contribution in [0.4, 0.5) is 0 Å². The average molecular weight is 268 g/mol. The van der Waals surface area contributed by atoms with E-state index in [2.05, 4.69) is 4.52 Å². The minimum Gasteiger partial charge on any atom is -0.479 e. The molecule has 1 aliphatic rings. The summed E-state index contributed by atoms with van der Waals surface area (Å²) < 4.78 is 14.9. The first-order chi connectivity index (χ1) is 7.58. The highest BCUT2D eigenvalue weighted by atomic mass is 31.2. The van der Waals surface area contributed by atoms with Crippen LogP contribution in [-0.2, 0) is 13.9 Å². The van der Waals surface area contributed by atoms with Crippen LogP contribution in [0.5, 0.6) is 0 Å². The number of carbonyl (C=O) groups is 1. The SMILES string of the molecule is CC1=CC(OP(=O)(O)O)(C(=O)O)C(O)C(O)C1. The number of rotatable bonds is 3. The van der Waals surface area contributed by atoms with Crippen molar-refractivity contribution >= 4 is 13.8 Å². The van der Waals surface area contributed by atoms with Crippen LogP contribution in [-0.4, -0.2) is 48.9 Å². The molecule has 0 spiro atoms. The molecule has 1 aliphatic carbocycles. The highest BCUT2D eigenvalue weighted by Crippen LogP contribution is 2.46. The first kappa shape index (κ1) is 14.3. The number of aliphatic hydroxyl groups is 2. The quantitative estimate of drug-likeness (QED) is 0.323. The molecule has 0 saturated carbocycles. The Labute approximate surface area is 96.4 Å². The standard InChI is InChI=1S/C8H13O8P/c1-4-2-5(9)6(10)8(3-4,7(11)12)16-17(13,14)15/h3,5-6,9-10H,2H2,1H3,(H,11,12)(H2,13,14,15). The first-order valence-electron chi connectivity index (χ1n) is 4.62. The van der Waals surface area contributed by atoms with Crippen LogP contribution >= 0.6 is 7.82 Å². The van der Waals surface area contributed by atoms with Gasteiger partial charge in [0.2, 0.25) is 5.60 Å². The highest BCUT2D eigenvalue weighted by molar-refractivity contribution is 7.46. The lowest BCUT2D eigenvalue weighted by Crippen LogP contribution is -2.56. The van der Waals surface area contributed by atoms with Crippen LogP contribution in [0, 0.1) is 0 Å². The second-order valence-electron chi connectivity index (χ2n) is 3.89. The maximum Gasteiger partial charge on any atom is 0.471 e. The molecule has 17 heavy (non-hydrogen) atoms. The Morgan fingerprint density at radius 2 is 2.06 bits per heavy atom. The van der Waals surface area contributed by atoms with Gasteiger partial charge in [0.1, 0.15) is 6.10 Å². The Bertz CT molecular complexity index is 398. The molecule has 0 aliphatic heterocycles. The average Bonchev–Trinajstić information content (AvgIpc) is 2.10. The third-order valence-corrected chi connectivity index (χ3v) is 2.94. The van der Waals surface area contributed by atoms with E-state index in [4.69, 9.17) is 14.9 Å². The zero-order valence-corrected chi connectivity index (χ0v) is 9.74. The molecule has 3 unspecified atom stereocenters. The third kappa shape index (κ3) is 2.92. The Morgan fingerprint density at radius 1 is 1.53 bits per heavy atom. The number of aliphatic carboxylic acids is 1. The molecule has 9 heteroatoms. The highest BCUT2D eigenvalue weighted by Gasteiger charge is 2.54. The van der Waals surface area contributed by atoms with E-state index < -0.39 is 31.6 Å². The molecule has 5 N–H and O–H groups in total. The van der Waals surface area contributed by atoms with Crippen molar-refractivity contribution in [3.8, 4) is 0 Å². The molecular weight excluding hydrogens is 255 g/mol. The van der Waals surface area contributed by atoms with Crippen LogP contribution in [0.25, 0.3) is 0 Å². The summed E-state index contributed by atoms with van der Waals surface area (Å²) in [6.45, 7) is 1.45. The lowest BCUT2D eigenvalue weighted by Gasteiger charge is -2.37. The molecule has 8 nitrogen and oxygen atoms in total. The summed E-state index contributed by atoms with van der Waals surface area (Å²) >= 11 is 0. The Balaban J connectivity index is 3.27. The molecule has 0 amide bonds. The zero-order chi connectivity index (χ0) is 13.4. The minimum absolute atomic E-state index is 0.000710. The van der Waals surface area contributed by atoms with Crippen molar-refractivity contribution in [2.75, 3.05) is 0 Å². The van der Waals surface area contributed by atoms with Crippen LogP contribution < -0.4 is 0 Å². The van der Waals surface area contributed by atoms with Gasteiger partial charge in [0.05, 0.1) is 6.10 Å². The number of aliphatic hydroxyl groups excluding tert-OH is 2. The molecule has 0 aromatic rings. The van der Waals surface area contributed by atoms with Crippen LogP contribution in [0.1, 0.15) is 13.3 Å². The summed E-state index contributed by atoms with van der Waals surface area (Å²) in [7, 11) is -5.14. The van der Waals surface area contributed by atoms with Gasteiger partial charge in [-0.25, -0.2) is 9.36 Å². The summed E-state index contributed by atoms with van der Waals surface area (Å²) in [6.07, 6.45) is -2.54. The van der Waals surface area contributed by atoms with Crippen LogP contribution in [0.15, 0.2) is 11.6 Å². The number of hydrogen-bond donors (Lipinski definition) is 5. The van der Waals surface area contributed by atoms with E-state index in [0.717, 1.165) is 6.08 Å². The van der Waals surface area contributed by atoms with Gasteiger partial charge in [0.25, 0.3) is 0 Å². The number of phosphoric acid groups is 1. The van der Waals surface area contributed by atoms with Crippen LogP contribution in [0.3, 0.4) is 0 Å². The molecule has 0 aromatic heterocycles. The molecule has 0 saturated heterocycles. The van der Waals surface area contributed by atoms with Gasteiger partial charge in [-0.2, -0.15) is 0 Å². The predicted octanol–water partition coefficient (Wildman–Crippen LogP) is -1.01. The summed E-state index contributed by atoms with van der Waals surface area (Å²) in [6, 6.07) is 0. The lowest BCUT2D eigenvalue weighted by molar-refractivity contribution is -0.171. The number of carboxylic acid groups (broad SMARTS) is 1. The second-order valence-corrected chi connectivity index (χ2v) is 5.05. The second kappa shape index (κ2) is 4.49. The van der Waals surface area contributed by atoms with Crippen LogP contribution in [0.2, 0.25) is 0 Å². The maximum atomic E-state index is 11.1. The van der Waals surface area contributed by atoms with E-state index in [1.807, 2.05) is 0 Å². The topological polar surface area (TPSA) is 145 Å². The number of phosphoric ester groups is 1. The first-order valence-corrected chi connectivity index (χ1v) is 6.15.